The molecule has 4 unspecified atom stereocenters. The van der Waals surface area contributed by atoms with E-state index in [9.17, 15) is 5.11 Å². The second-order valence-corrected chi connectivity index (χ2v) is 9.81. The lowest BCUT2D eigenvalue weighted by molar-refractivity contribution is -0.126. The van der Waals surface area contributed by atoms with Crippen molar-refractivity contribution in [3.05, 3.63) is 0 Å². The minimum absolute atomic E-state index is 0.000524. The first kappa shape index (κ1) is 15.5. The minimum Gasteiger partial charge on any atom is -0.393 e. The quantitative estimate of drug-likeness (QED) is 0.686. The van der Waals surface area contributed by atoms with Gasteiger partial charge in [-0.05, 0) is 98.2 Å². The summed E-state index contributed by atoms with van der Waals surface area (Å²) in [5, 5.41) is 10.1. The maximum atomic E-state index is 10.1. The van der Waals surface area contributed by atoms with E-state index in [1.807, 2.05) is 0 Å². The van der Waals surface area contributed by atoms with E-state index in [0.29, 0.717) is 10.8 Å². The van der Waals surface area contributed by atoms with Crippen LogP contribution < -0.4 is 0 Å². The molecule has 0 aromatic heterocycles. The van der Waals surface area contributed by atoms with Crippen molar-refractivity contribution in [2.45, 2.75) is 91.1 Å². The molecule has 0 amide bonds. The van der Waals surface area contributed by atoms with Gasteiger partial charge in [0.2, 0.25) is 0 Å². The third-order valence-electron chi connectivity index (χ3n) is 9.33. The molecule has 126 valence electrons. The van der Waals surface area contributed by atoms with Crippen LogP contribution in [0.3, 0.4) is 0 Å². The summed E-state index contributed by atoms with van der Waals surface area (Å²) in [4.78, 5) is 0. The fraction of sp³-hybridized carbons (Fsp3) is 1.00. The van der Waals surface area contributed by atoms with Crippen LogP contribution in [0.25, 0.3) is 0 Å². The van der Waals surface area contributed by atoms with E-state index < -0.39 is 0 Å². The van der Waals surface area contributed by atoms with Gasteiger partial charge in [0.25, 0.3) is 0 Å². The molecule has 4 rings (SSSR count). The zero-order chi connectivity index (χ0) is 15.5. The Bertz CT molecular complexity index is 432. The minimum atomic E-state index is -0.000524. The predicted octanol–water partition coefficient (Wildman–Crippen LogP) is 5.42. The summed E-state index contributed by atoms with van der Waals surface area (Å²) >= 11 is 0. The van der Waals surface area contributed by atoms with E-state index >= 15 is 0 Å². The Labute approximate surface area is 137 Å². The largest absolute Gasteiger partial charge is 0.393 e. The molecule has 0 bridgehead atoms. The van der Waals surface area contributed by atoms with Crippen molar-refractivity contribution in [3.8, 4) is 0 Å². The van der Waals surface area contributed by atoms with Crippen LogP contribution in [0.5, 0.6) is 0 Å². The summed E-state index contributed by atoms with van der Waals surface area (Å²) in [5.74, 6) is 4.79. The van der Waals surface area contributed by atoms with Crippen molar-refractivity contribution in [2.24, 2.45) is 40.4 Å². The van der Waals surface area contributed by atoms with E-state index in [-0.39, 0.29) is 6.10 Å². The molecule has 1 N–H and O–H groups in total. The molecule has 1 nitrogen and oxygen atoms in total. The van der Waals surface area contributed by atoms with Gasteiger partial charge in [0.1, 0.15) is 0 Å². The number of hydrogen-bond acceptors (Lipinski definition) is 1. The topological polar surface area (TPSA) is 20.2 Å². The fourth-order valence-corrected chi connectivity index (χ4v) is 8.01. The highest BCUT2D eigenvalue weighted by atomic mass is 16.3. The number of fused-ring (bicyclic) bond motifs is 5. The molecule has 4 saturated carbocycles. The highest BCUT2D eigenvalue weighted by Crippen LogP contribution is 2.67. The molecule has 4 aliphatic carbocycles. The van der Waals surface area contributed by atoms with Crippen molar-refractivity contribution in [2.75, 3.05) is 0 Å². The molecular formula is C21H36O. The van der Waals surface area contributed by atoms with E-state index in [2.05, 4.69) is 20.8 Å². The molecule has 1 heteroatoms. The SMILES string of the molecule is CC[C@H]1CCC2C3CC[C@@H]4CC(O)CC[C@]4(C)C3CC[C@@]21C. The second kappa shape index (κ2) is 5.23. The smallest absolute Gasteiger partial charge is 0.0543 e. The summed E-state index contributed by atoms with van der Waals surface area (Å²) in [6, 6.07) is 0. The van der Waals surface area contributed by atoms with E-state index in [1.165, 1.54) is 51.4 Å². The average molecular weight is 305 g/mol. The normalized spacial score (nSPS) is 57.8. The predicted molar refractivity (Wildman–Crippen MR) is 91.5 cm³/mol. The lowest BCUT2D eigenvalue weighted by atomic mass is 9.44. The summed E-state index contributed by atoms with van der Waals surface area (Å²) in [6.45, 7) is 7.68. The Morgan fingerprint density at radius 2 is 1.59 bits per heavy atom. The van der Waals surface area contributed by atoms with Crippen molar-refractivity contribution in [3.63, 3.8) is 0 Å². The van der Waals surface area contributed by atoms with Crippen LogP contribution in [0.15, 0.2) is 0 Å². The Hall–Kier alpha value is -0.0400. The van der Waals surface area contributed by atoms with Gasteiger partial charge < -0.3 is 5.11 Å². The van der Waals surface area contributed by atoms with Crippen LogP contribution in [0, 0.1) is 40.4 Å². The molecule has 22 heavy (non-hydrogen) atoms. The van der Waals surface area contributed by atoms with Crippen molar-refractivity contribution >= 4 is 0 Å². The van der Waals surface area contributed by atoms with Crippen LogP contribution in [0.2, 0.25) is 0 Å². The first-order valence-electron chi connectivity index (χ1n) is 10.2. The van der Waals surface area contributed by atoms with Crippen LogP contribution >= 0.6 is 0 Å². The van der Waals surface area contributed by atoms with Crippen LogP contribution in [-0.2, 0) is 0 Å². The highest BCUT2D eigenvalue weighted by molar-refractivity contribution is 5.08. The first-order chi connectivity index (χ1) is 10.5. The molecular weight excluding hydrogens is 268 g/mol. The Balaban J connectivity index is 1.61. The molecule has 0 aliphatic heterocycles. The first-order valence-corrected chi connectivity index (χ1v) is 10.2. The van der Waals surface area contributed by atoms with Gasteiger partial charge in [0.05, 0.1) is 6.10 Å². The van der Waals surface area contributed by atoms with E-state index in [1.54, 1.807) is 0 Å². The number of rotatable bonds is 1. The second-order valence-electron chi connectivity index (χ2n) is 9.81. The number of hydrogen-bond donors (Lipinski definition) is 1. The van der Waals surface area contributed by atoms with Crippen molar-refractivity contribution in [1.29, 1.82) is 0 Å². The monoisotopic (exact) mass is 304 g/mol. The van der Waals surface area contributed by atoms with Gasteiger partial charge in [0.15, 0.2) is 0 Å². The zero-order valence-electron chi connectivity index (χ0n) is 15.0. The van der Waals surface area contributed by atoms with Gasteiger partial charge in [-0.2, -0.15) is 0 Å². The zero-order valence-corrected chi connectivity index (χ0v) is 15.0. The molecule has 0 saturated heterocycles. The van der Waals surface area contributed by atoms with Gasteiger partial charge in [-0.3, -0.25) is 0 Å². The summed E-state index contributed by atoms with van der Waals surface area (Å²) in [7, 11) is 0. The summed E-state index contributed by atoms with van der Waals surface area (Å²) in [5.41, 5.74) is 1.21. The van der Waals surface area contributed by atoms with Crippen LogP contribution in [-0.4, -0.2) is 11.2 Å². The lowest BCUT2D eigenvalue weighted by Gasteiger charge is -2.61. The summed E-state index contributed by atoms with van der Waals surface area (Å²) in [6.07, 6.45) is 13.7. The number of aliphatic hydroxyl groups is 1. The van der Waals surface area contributed by atoms with Crippen molar-refractivity contribution < 1.29 is 5.11 Å². The molecule has 8 atom stereocenters. The Morgan fingerprint density at radius 1 is 0.864 bits per heavy atom. The fourth-order valence-electron chi connectivity index (χ4n) is 8.01. The van der Waals surface area contributed by atoms with Gasteiger partial charge in [-0.15, -0.1) is 0 Å². The third-order valence-corrected chi connectivity index (χ3v) is 9.33. The lowest BCUT2D eigenvalue weighted by Crippen LogP contribution is -2.53. The molecule has 4 fully saturated rings. The van der Waals surface area contributed by atoms with Crippen LogP contribution in [0.1, 0.15) is 85.0 Å². The van der Waals surface area contributed by atoms with Gasteiger partial charge in [0, 0.05) is 0 Å². The number of aliphatic hydroxyl groups excluding tert-OH is 1. The summed E-state index contributed by atoms with van der Waals surface area (Å²) < 4.78 is 0. The Morgan fingerprint density at radius 3 is 2.36 bits per heavy atom. The highest BCUT2D eigenvalue weighted by Gasteiger charge is 2.59. The molecule has 0 radical (unpaired) electrons. The molecule has 0 heterocycles. The molecule has 0 spiro atoms. The van der Waals surface area contributed by atoms with Crippen molar-refractivity contribution in [1.82, 2.24) is 0 Å². The molecule has 4 aliphatic rings. The van der Waals surface area contributed by atoms with E-state index in [4.69, 9.17) is 0 Å². The molecule has 0 aromatic carbocycles. The van der Waals surface area contributed by atoms with Gasteiger partial charge in [-0.25, -0.2) is 0 Å². The van der Waals surface area contributed by atoms with Gasteiger partial charge >= 0.3 is 0 Å². The average Bonchev–Trinajstić information content (AvgIpc) is 2.84. The third kappa shape index (κ3) is 2.00. The van der Waals surface area contributed by atoms with E-state index in [0.717, 1.165) is 42.4 Å². The maximum Gasteiger partial charge on any atom is 0.0543 e. The van der Waals surface area contributed by atoms with Gasteiger partial charge in [-0.1, -0.05) is 27.2 Å². The molecule has 0 aromatic rings. The maximum absolute atomic E-state index is 10.1. The standard InChI is InChI=1S/C21H36O/c1-4-14-6-8-18-17-7-5-15-13-16(22)9-11-21(15,3)19(17)10-12-20(14,18)2/h14-19,22H,4-13H2,1-3H3/t14-,15+,16?,17?,18?,19?,20+,21-/m0/s1. The van der Waals surface area contributed by atoms with Crippen LogP contribution in [0.4, 0.5) is 0 Å². The Kier molecular flexibility index (Phi) is 3.68.